The van der Waals surface area contributed by atoms with Crippen LogP contribution in [0.4, 0.5) is 0 Å². The summed E-state index contributed by atoms with van der Waals surface area (Å²) in [6.45, 7) is 9.16. The standard InChI is InChI=1S/C23H34N4OS/c1-3-24-22(26-18-23(2,28)21-11-14-29-17-21)25-15-19-7-9-20(10-8-19)16-27-12-5-4-6-13-27/h7-11,14,17,28H,3-6,12-13,15-16,18H2,1-2H3,(H2,24,25,26). The van der Waals surface area contributed by atoms with E-state index in [1.54, 1.807) is 11.3 Å². The van der Waals surface area contributed by atoms with Crippen molar-refractivity contribution in [2.75, 3.05) is 26.2 Å². The van der Waals surface area contributed by atoms with Gasteiger partial charge in [-0.2, -0.15) is 11.3 Å². The van der Waals surface area contributed by atoms with Crippen LogP contribution >= 0.6 is 11.3 Å². The highest BCUT2D eigenvalue weighted by Gasteiger charge is 2.23. The van der Waals surface area contributed by atoms with Gasteiger partial charge in [0.05, 0.1) is 13.1 Å². The molecule has 6 heteroatoms. The summed E-state index contributed by atoms with van der Waals surface area (Å²) in [6, 6.07) is 10.8. The smallest absolute Gasteiger partial charge is 0.191 e. The fourth-order valence-electron chi connectivity index (χ4n) is 3.57. The van der Waals surface area contributed by atoms with Crippen LogP contribution < -0.4 is 10.6 Å². The third kappa shape index (κ3) is 6.84. The van der Waals surface area contributed by atoms with Crippen LogP contribution in [0.1, 0.15) is 49.8 Å². The van der Waals surface area contributed by atoms with Gasteiger partial charge in [0, 0.05) is 13.1 Å². The van der Waals surface area contributed by atoms with E-state index in [2.05, 4.69) is 44.8 Å². The highest BCUT2D eigenvalue weighted by atomic mass is 32.1. The zero-order chi connectivity index (χ0) is 20.5. The third-order valence-corrected chi connectivity index (χ3v) is 6.07. The van der Waals surface area contributed by atoms with Crippen LogP contribution in [0.5, 0.6) is 0 Å². The summed E-state index contributed by atoms with van der Waals surface area (Å²) in [6.07, 6.45) is 4.02. The van der Waals surface area contributed by atoms with Gasteiger partial charge in [-0.3, -0.25) is 4.90 Å². The van der Waals surface area contributed by atoms with E-state index in [0.717, 1.165) is 24.6 Å². The summed E-state index contributed by atoms with van der Waals surface area (Å²) in [4.78, 5) is 7.23. The molecule has 1 atom stereocenters. The first-order chi connectivity index (χ1) is 14.1. The van der Waals surface area contributed by atoms with Crippen LogP contribution in [-0.4, -0.2) is 42.1 Å². The Morgan fingerprint density at radius 2 is 1.83 bits per heavy atom. The molecule has 1 fully saturated rings. The molecule has 0 radical (unpaired) electrons. The van der Waals surface area contributed by atoms with E-state index in [9.17, 15) is 5.11 Å². The Balaban J connectivity index is 1.53. The average molecular weight is 415 g/mol. The first kappa shape index (κ1) is 21.8. The van der Waals surface area contributed by atoms with E-state index in [0.29, 0.717) is 13.1 Å². The van der Waals surface area contributed by atoms with E-state index in [-0.39, 0.29) is 0 Å². The number of benzene rings is 1. The Hall–Kier alpha value is -1.89. The molecule has 3 rings (SSSR count). The van der Waals surface area contributed by atoms with Crippen molar-refractivity contribution in [3.63, 3.8) is 0 Å². The normalized spacial score (nSPS) is 17.7. The van der Waals surface area contributed by atoms with Gasteiger partial charge in [0.2, 0.25) is 0 Å². The molecule has 0 amide bonds. The first-order valence-corrected chi connectivity index (χ1v) is 11.6. The molecular formula is C23H34N4OS. The molecule has 0 saturated carbocycles. The molecule has 158 valence electrons. The van der Waals surface area contributed by atoms with Crippen molar-refractivity contribution in [3.8, 4) is 0 Å². The molecule has 1 aliphatic rings. The van der Waals surface area contributed by atoms with Gasteiger partial charge >= 0.3 is 0 Å². The lowest BCUT2D eigenvalue weighted by Crippen LogP contribution is -2.44. The Morgan fingerprint density at radius 1 is 1.10 bits per heavy atom. The molecule has 2 aromatic rings. The quantitative estimate of drug-likeness (QED) is 0.455. The van der Waals surface area contributed by atoms with Crippen molar-refractivity contribution >= 4 is 17.3 Å². The first-order valence-electron chi connectivity index (χ1n) is 10.6. The Morgan fingerprint density at radius 3 is 2.48 bits per heavy atom. The molecular weight excluding hydrogens is 380 g/mol. The number of guanidine groups is 1. The van der Waals surface area contributed by atoms with Crippen LogP contribution in [0.2, 0.25) is 0 Å². The van der Waals surface area contributed by atoms with Crippen molar-refractivity contribution in [1.29, 1.82) is 0 Å². The van der Waals surface area contributed by atoms with Gasteiger partial charge in [0.25, 0.3) is 0 Å². The maximum absolute atomic E-state index is 10.7. The molecule has 1 aromatic heterocycles. The zero-order valence-electron chi connectivity index (χ0n) is 17.7. The minimum absolute atomic E-state index is 0.407. The van der Waals surface area contributed by atoms with E-state index >= 15 is 0 Å². The van der Waals surface area contributed by atoms with Crippen molar-refractivity contribution in [1.82, 2.24) is 15.5 Å². The summed E-state index contributed by atoms with van der Waals surface area (Å²) in [5.41, 5.74) is 2.56. The molecule has 29 heavy (non-hydrogen) atoms. The molecule has 3 N–H and O–H groups in total. The van der Waals surface area contributed by atoms with E-state index in [4.69, 9.17) is 0 Å². The number of likely N-dealkylation sites (tertiary alicyclic amines) is 1. The van der Waals surface area contributed by atoms with Crippen LogP contribution in [0.25, 0.3) is 0 Å². The molecule has 0 bridgehead atoms. The minimum Gasteiger partial charge on any atom is -0.384 e. The van der Waals surface area contributed by atoms with Crippen LogP contribution in [-0.2, 0) is 18.7 Å². The SMILES string of the molecule is CCNC(=NCc1ccc(CN2CCCCC2)cc1)NCC(C)(O)c1ccsc1. The Kier molecular flexibility index (Phi) is 8.09. The summed E-state index contributed by atoms with van der Waals surface area (Å²) in [5.74, 6) is 0.723. The van der Waals surface area contributed by atoms with Crippen molar-refractivity contribution in [3.05, 3.63) is 57.8 Å². The fourth-order valence-corrected chi connectivity index (χ4v) is 4.35. The van der Waals surface area contributed by atoms with Gasteiger partial charge in [0.15, 0.2) is 5.96 Å². The maximum atomic E-state index is 10.7. The molecule has 1 aliphatic heterocycles. The van der Waals surface area contributed by atoms with Crippen LogP contribution in [0.15, 0.2) is 46.1 Å². The molecule has 2 heterocycles. The number of rotatable bonds is 8. The number of aliphatic imine (C=N–C) groups is 1. The number of hydrogen-bond acceptors (Lipinski definition) is 4. The molecule has 0 aliphatic carbocycles. The summed E-state index contributed by atoms with van der Waals surface area (Å²) in [7, 11) is 0. The van der Waals surface area contributed by atoms with Crippen molar-refractivity contribution in [2.24, 2.45) is 4.99 Å². The molecule has 1 unspecified atom stereocenters. The maximum Gasteiger partial charge on any atom is 0.191 e. The Bertz CT molecular complexity index is 750. The molecule has 5 nitrogen and oxygen atoms in total. The fraction of sp³-hybridized carbons (Fsp3) is 0.522. The molecule has 1 saturated heterocycles. The van der Waals surface area contributed by atoms with E-state index in [1.807, 2.05) is 30.7 Å². The second-order valence-corrected chi connectivity index (χ2v) is 8.77. The van der Waals surface area contributed by atoms with Crippen LogP contribution in [0, 0.1) is 0 Å². The lowest BCUT2D eigenvalue weighted by Gasteiger charge is -2.26. The van der Waals surface area contributed by atoms with Gasteiger partial charge in [-0.1, -0.05) is 30.7 Å². The van der Waals surface area contributed by atoms with E-state index < -0.39 is 5.60 Å². The summed E-state index contributed by atoms with van der Waals surface area (Å²) < 4.78 is 0. The second-order valence-electron chi connectivity index (χ2n) is 7.99. The number of thiophene rings is 1. The Labute approximate surface area is 178 Å². The third-order valence-electron chi connectivity index (χ3n) is 5.38. The summed E-state index contributed by atoms with van der Waals surface area (Å²) >= 11 is 1.59. The van der Waals surface area contributed by atoms with Crippen LogP contribution in [0.3, 0.4) is 0 Å². The molecule has 0 spiro atoms. The van der Waals surface area contributed by atoms with E-state index in [1.165, 1.54) is 43.5 Å². The van der Waals surface area contributed by atoms with Gasteiger partial charge in [0.1, 0.15) is 5.60 Å². The molecule has 1 aromatic carbocycles. The number of nitrogens with zero attached hydrogens (tertiary/aromatic N) is 2. The predicted octanol–water partition coefficient (Wildman–Crippen LogP) is 3.70. The largest absolute Gasteiger partial charge is 0.384 e. The van der Waals surface area contributed by atoms with Crippen molar-refractivity contribution in [2.45, 2.75) is 51.8 Å². The topological polar surface area (TPSA) is 59.9 Å². The monoisotopic (exact) mass is 414 g/mol. The number of piperidine rings is 1. The average Bonchev–Trinajstić information content (AvgIpc) is 3.28. The number of aliphatic hydroxyl groups is 1. The van der Waals surface area contributed by atoms with Crippen molar-refractivity contribution < 1.29 is 5.11 Å². The summed E-state index contributed by atoms with van der Waals surface area (Å²) in [5, 5.41) is 21.2. The van der Waals surface area contributed by atoms with Gasteiger partial charge < -0.3 is 15.7 Å². The second kappa shape index (κ2) is 10.8. The highest BCUT2D eigenvalue weighted by Crippen LogP contribution is 2.22. The highest BCUT2D eigenvalue weighted by molar-refractivity contribution is 7.08. The van der Waals surface area contributed by atoms with Gasteiger partial charge in [-0.15, -0.1) is 0 Å². The zero-order valence-corrected chi connectivity index (χ0v) is 18.5. The van der Waals surface area contributed by atoms with Gasteiger partial charge in [-0.05, 0) is 73.3 Å². The van der Waals surface area contributed by atoms with Gasteiger partial charge in [-0.25, -0.2) is 4.99 Å². The number of hydrogen-bond donors (Lipinski definition) is 3. The lowest BCUT2D eigenvalue weighted by atomic mass is 9.99. The lowest BCUT2D eigenvalue weighted by molar-refractivity contribution is 0.0621. The number of nitrogens with one attached hydrogen (secondary N) is 2. The minimum atomic E-state index is -0.924. The predicted molar refractivity (Wildman–Crippen MR) is 122 cm³/mol.